The Balaban J connectivity index is 2.01. The Morgan fingerprint density at radius 3 is 2.45 bits per heavy atom. The zero-order chi connectivity index (χ0) is 15.7. The van der Waals surface area contributed by atoms with Crippen LogP contribution >= 0.6 is 0 Å². The van der Waals surface area contributed by atoms with Crippen molar-refractivity contribution in [2.24, 2.45) is 5.73 Å². The number of piperazine rings is 1. The summed E-state index contributed by atoms with van der Waals surface area (Å²) < 4.78 is 0. The van der Waals surface area contributed by atoms with Crippen molar-refractivity contribution in [3.63, 3.8) is 0 Å². The predicted octanol–water partition coefficient (Wildman–Crippen LogP) is 1.26. The van der Waals surface area contributed by atoms with E-state index < -0.39 is 0 Å². The summed E-state index contributed by atoms with van der Waals surface area (Å²) in [5.74, 6) is -0.0534. The van der Waals surface area contributed by atoms with E-state index in [0.717, 1.165) is 24.1 Å². The van der Waals surface area contributed by atoms with E-state index in [4.69, 9.17) is 5.73 Å². The fraction of sp³-hybridized carbons (Fsp3) is 0.529. The largest absolute Gasteiger partial charge is 0.335 e. The van der Waals surface area contributed by atoms with Crippen molar-refractivity contribution in [3.8, 4) is 0 Å². The second kappa shape index (κ2) is 5.72. The predicted molar refractivity (Wildman–Crippen MR) is 85.6 cm³/mol. The van der Waals surface area contributed by atoms with E-state index in [0.29, 0.717) is 6.54 Å². The minimum absolute atomic E-state index is 0.0253. The average molecular weight is 301 g/mol. The molecule has 1 saturated heterocycles. The van der Waals surface area contributed by atoms with Crippen LogP contribution in [0.3, 0.4) is 0 Å². The van der Waals surface area contributed by atoms with Crippen LogP contribution in [0.1, 0.15) is 31.2 Å². The molecule has 1 aliphatic heterocycles. The summed E-state index contributed by atoms with van der Waals surface area (Å²) in [5.41, 5.74) is 8.04. The number of hydrogen-bond donors (Lipinski definition) is 1. The zero-order valence-corrected chi connectivity index (χ0v) is 13.0. The summed E-state index contributed by atoms with van der Waals surface area (Å²) in [6, 6.07) is 7.94. The lowest BCUT2D eigenvalue weighted by Gasteiger charge is -2.37. The van der Waals surface area contributed by atoms with Crippen LogP contribution in [0.2, 0.25) is 0 Å². The van der Waals surface area contributed by atoms with Crippen LogP contribution < -0.4 is 10.6 Å². The van der Waals surface area contributed by atoms with Gasteiger partial charge in [0.1, 0.15) is 6.54 Å². The molecule has 2 N–H and O–H groups in total. The number of anilines is 1. The Hall–Kier alpha value is -1.88. The molecule has 0 aromatic heterocycles. The molecule has 0 bridgehead atoms. The monoisotopic (exact) mass is 301 g/mol. The molecule has 0 unspecified atom stereocenters. The Labute approximate surface area is 131 Å². The minimum atomic E-state index is -0.0523. The van der Waals surface area contributed by atoms with E-state index in [1.54, 1.807) is 11.9 Å². The molecule has 0 spiro atoms. The number of hydrogen-bond acceptors (Lipinski definition) is 3. The van der Waals surface area contributed by atoms with E-state index in [9.17, 15) is 9.59 Å². The zero-order valence-electron chi connectivity index (χ0n) is 13.0. The molecule has 0 radical (unpaired) electrons. The van der Waals surface area contributed by atoms with Crippen LogP contribution in [0.15, 0.2) is 24.3 Å². The van der Waals surface area contributed by atoms with Crippen molar-refractivity contribution in [2.45, 2.75) is 31.1 Å². The molecule has 1 aromatic carbocycles. The van der Waals surface area contributed by atoms with Crippen LogP contribution in [0.4, 0.5) is 5.69 Å². The fourth-order valence-corrected chi connectivity index (χ4v) is 3.73. The number of para-hydroxylation sites is 1. The van der Waals surface area contributed by atoms with Gasteiger partial charge in [-0.3, -0.25) is 9.59 Å². The van der Waals surface area contributed by atoms with Gasteiger partial charge in [-0.2, -0.15) is 0 Å². The normalized spacial score (nSPS) is 21.5. The molecule has 3 rings (SSSR count). The van der Waals surface area contributed by atoms with Crippen molar-refractivity contribution in [1.82, 2.24) is 4.90 Å². The second-order valence-electron chi connectivity index (χ2n) is 6.44. The van der Waals surface area contributed by atoms with Gasteiger partial charge >= 0.3 is 0 Å². The number of carbonyl (C=O) groups excluding carboxylic acids is 2. The van der Waals surface area contributed by atoms with Gasteiger partial charge < -0.3 is 15.5 Å². The van der Waals surface area contributed by atoms with E-state index in [1.165, 1.54) is 17.7 Å². The summed E-state index contributed by atoms with van der Waals surface area (Å²) >= 11 is 0. The van der Waals surface area contributed by atoms with Gasteiger partial charge in [0.15, 0.2) is 0 Å². The molecule has 2 aliphatic rings. The lowest BCUT2D eigenvalue weighted by molar-refractivity contribution is -0.136. The van der Waals surface area contributed by atoms with E-state index in [-0.39, 0.29) is 30.3 Å². The summed E-state index contributed by atoms with van der Waals surface area (Å²) in [4.78, 5) is 27.5. The molecule has 0 atom stereocenters. The average Bonchev–Trinajstić information content (AvgIpc) is 3.01. The lowest BCUT2D eigenvalue weighted by Crippen LogP contribution is -2.53. The molecule has 1 aromatic rings. The highest BCUT2D eigenvalue weighted by molar-refractivity contribution is 6.05. The second-order valence-corrected chi connectivity index (χ2v) is 6.44. The quantitative estimate of drug-likeness (QED) is 0.914. The number of benzene rings is 1. The van der Waals surface area contributed by atoms with Gasteiger partial charge in [0.25, 0.3) is 0 Å². The third kappa shape index (κ3) is 2.39. The highest BCUT2D eigenvalue weighted by atomic mass is 16.2. The van der Waals surface area contributed by atoms with Crippen LogP contribution in [-0.2, 0) is 15.0 Å². The van der Waals surface area contributed by atoms with Crippen LogP contribution in [0.5, 0.6) is 0 Å². The van der Waals surface area contributed by atoms with Gasteiger partial charge in [0.05, 0.1) is 6.54 Å². The van der Waals surface area contributed by atoms with Gasteiger partial charge in [-0.1, -0.05) is 31.0 Å². The molecular formula is C17H23N3O2. The summed E-state index contributed by atoms with van der Waals surface area (Å²) in [7, 11) is 1.67. The third-order valence-electron chi connectivity index (χ3n) is 5.11. The summed E-state index contributed by atoms with van der Waals surface area (Å²) in [6.45, 7) is 0.843. The molecule has 118 valence electrons. The van der Waals surface area contributed by atoms with Gasteiger partial charge in [-0.15, -0.1) is 0 Å². The van der Waals surface area contributed by atoms with Crippen LogP contribution in [0.25, 0.3) is 0 Å². The van der Waals surface area contributed by atoms with Crippen molar-refractivity contribution in [2.75, 3.05) is 31.6 Å². The van der Waals surface area contributed by atoms with Gasteiger partial charge in [0, 0.05) is 24.7 Å². The molecular weight excluding hydrogens is 278 g/mol. The maximum atomic E-state index is 12.4. The summed E-state index contributed by atoms with van der Waals surface area (Å²) in [6.07, 6.45) is 4.44. The van der Waals surface area contributed by atoms with Gasteiger partial charge in [-0.05, 0) is 24.5 Å². The topological polar surface area (TPSA) is 66.6 Å². The number of rotatable bonds is 3. The molecule has 5 heteroatoms. The molecule has 1 saturated carbocycles. The van der Waals surface area contributed by atoms with Crippen molar-refractivity contribution >= 4 is 17.5 Å². The smallest absolute Gasteiger partial charge is 0.247 e. The minimum Gasteiger partial charge on any atom is -0.335 e. The van der Waals surface area contributed by atoms with Gasteiger partial charge in [0.2, 0.25) is 11.8 Å². The first-order valence-electron chi connectivity index (χ1n) is 7.91. The number of nitrogens with two attached hydrogens (primary N) is 1. The molecule has 1 aliphatic carbocycles. The van der Waals surface area contributed by atoms with Crippen LogP contribution in [-0.4, -0.2) is 43.4 Å². The molecule has 1 heterocycles. The third-order valence-corrected chi connectivity index (χ3v) is 5.11. The fourth-order valence-electron chi connectivity index (χ4n) is 3.73. The van der Waals surface area contributed by atoms with Crippen molar-refractivity contribution in [3.05, 3.63) is 29.8 Å². The van der Waals surface area contributed by atoms with E-state index >= 15 is 0 Å². The molecule has 22 heavy (non-hydrogen) atoms. The van der Waals surface area contributed by atoms with Crippen molar-refractivity contribution in [1.29, 1.82) is 0 Å². The SMILES string of the molecule is CN1CC(=O)N(c2ccccc2C2(CN)CCCC2)CC1=O. The maximum Gasteiger partial charge on any atom is 0.247 e. The molecule has 5 nitrogen and oxygen atoms in total. The van der Waals surface area contributed by atoms with Crippen molar-refractivity contribution < 1.29 is 9.59 Å². The first kappa shape index (κ1) is 15.0. The molecule has 2 amide bonds. The molecule has 2 fully saturated rings. The Bertz CT molecular complexity index is 593. The van der Waals surface area contributed by atoms with Crippen LogP contribution in [0, 0.1) is 0 Å². The number of amides is 2. The Morgan fingerprint density at radius 1 is 1.09 bits per heavy atom. The maximum absolute atomic E-state index is 12.4. The van der Waals surface area contributed by atoms with E-state index in [1.807, 2.05) is 18.2 Å². The summed E-state index contributed by atoms with van der Waals surface area (Å²) in [5, 5.41) is 0. The Kier molecular flexibility index (Phi) is 3.91. The Morgan fingerprint density at radius 2 is 1.77 bits per heavy atom. The van der Waals surface area contributed by atoms with Gasteiger partial charge in [-0.25, -0.2) is 0 Å². The standard InChI is InChI=1S/C17H23N3O2/c1-19-10-16(22)20(11-15(19)21)14-7-3-2-6-13(14)17(12-18)8-4-5-9-17/h2-3,6-7H,4-5,8-12,18H2,1H3. The highest BCUT2D eigenvalue weighted by Crippen LogP contribution is 2.44. The first-order chi connectivity index (χ1) is 10.6. The lowest BCUT2D eigenvalue weighted by atomic mass is 9.78. The first-order valence-corrected chi connectivity index (χ1v) is 7.91. The number of carbonyl (C=O) groups is 2. The number of likely N-dealkylation sites (N-methyl/N-ethyl adjacent to an activating group) is 1. The number of nitrogens with zero attached hydrogens (tertiary/aromatic N) is 2. The van der Waals surface area contributed by atoms with E-state index in [2.05, 4.69) is 6.07 Å². The highest BCUT2D eigenvalue weighted by Gasteiger charge is 2.38.